The van der Waals surface area contributed by atoms with Crippen LogP contribution in [0, 0.1) is 5.92 Å². The van der Waals surface area contributed by atoms with Crippen molar-refractivity contribution >= 4 is 5.69 Å². The molecular weight excluding hydrogens is 256 g/mol. The predicted molar refractivity (Wildman–Crippen MR) is 91.6 cm³/mol. The zero-order valence-corrected chi connectivity index (χ0v) is 12.9. The van der Waals surface area contributed by atoms with Gasteiger partial charge in [0.05, 0.1) is 0 Å². The average Bonchev–Trinajstić information content (AvgIpc) is 2.53. The van der Waals surface area contributed by atoms with Gasteiger partial charge in [-0.25, -0.2) is 0 Å². The molecule has 0 aliphatic heterocycles. The lowest BCUT2D eigenvalue weighted by Gasteiger charge is -2.13. The molecule has 1 unspecified atom stereocenters. The predicted octanol–water partition coefficient (Wildman–Crippen LogP) is 4.06. The molecule has 2 aromatic rings. The quantitative estimate of drug-likeness (QED) is 0.716. The lowest BCUT2D eigenvalue weighted by Crippen LogP contribution is -2.12. The van der Waals surface area contributed by atoms with Crippen LogP contribution in [0.5, 0.6) is 0 Å². The topological polar surface area (TPSA) is 38.0 Å². The van der Waals surface area contributed by atoms with Gasteiger partial charge in [-0.3, -0.25) is 0 Å². The highest BCUT2D eigenvalue weighted by molar-refractivity contribution is 5.52. The van der Waals surface area contributed by atoms with Crippen LogP contribution in [0.1, 0.15) is 30.9 Å². The van der Waals surface area contributed by atoms with Crippen molar-refractivity contribution in [2.45, 2.75) is 26.2 Å². The van der Waals surface area contributed by atoms with Gasteiger partial charge in [-0.05, 0) is 48.9 Å². The summed E-state index contributed by atoms with van der Waals surface area (Å²) in [6.45, 7) is 4.00. The molecule has 2 aromatic carbocycles. The number of hydrogen-bond donors (Lipinski definition) is 2. The van der Waals surface area contributed by atoms with Gasteiger partial charge in [0.25, 0.3) is 0 Å². The lowest BCUT2D eigenvalue weighted by atomic mass is 10.0. The zero-order valence-electron chi connectivity index (χ0n) is 12.9. The Labute approximate surface area is 128 Å². The molecule has 0 amide bonds. The van der Waals surface area contributed by atoms with Gasteiger partial charge in [-0.15, -0.1) is 0 Å². The van der Waals surface area contributed by atoms with Crippen LogP contribution in [0.15, 0.2) is 54.6 Å². The van der Waals surface area contributed by atoms with Crippen LogP contribution in [0.2, 0.25) is 0 Å². The Bertz CT molecular complexity index is 522. The van der Waals surface area contributed by atoms with Crippen molar-refractivity contribution in [3.05, 3.63) is 65.7 Å². The largest absolute Gasteiger partial charge is 0.385 e. The fourth-order valence-electron chi connectivity index (χ4n) is 2.45. The highest BCUT2D eigenvalue weighted by atomic mass is 14.9. The minimum atomic E-state index is 0.617. The first-order valence-corrected chi connectivity index (χ1v) is 7.85. The first kappa shape index (κ1) is 15.6. The van der Waals surface area contributed by atoms with Crippen molar-refractivity contribution in [3.8, 4) is 0 Å². The molecule has 21 heavy (non-hydrogen) atoms. The van der Waals surface area contributed by atoms with Crippen molar-refractivity contribution in [1.82, 2.24) is 0 Å². The van der Waals surface area contributed by atoms with Crippen LogP contribution >= 0.6 is 0 Å². The van der Waals surface area contributed by atoms with Crippen LogP contribution in [-0.2, 0) is 6.42 Å². The van der Waals surface area contributed by atoms with E-state index in [0.29, 0.717) is 5.92 Å². The van der Waals surface area contributed by atoms with Crippen molar-refractivity contribution < 1.29 is 0 Å². The average molecular weight is 282 g/mol. The Morgan fingerprint density at radius 2 is 1.71 bits per heavy atom. The summed E-state index contributed by atoms with van der Waals surface area (Å²) in [5.41, 5.74) is 9.61. The van der Waals surface area contributed by atoms with E-state index in [0.717, 1.165) is 25.9 Å². The van der Waals surface area contributed by atoms with E-state index in [1.807, 2.05) is 0 Å². The highest BCUT2D eigenvalue weighted by Gasteiger charge is 2.03. The Morgan fingerprint density at radius 3 is 2.48 bits per heavy atom. The van der Waals surface area contributed by atoms with Crippen molar-refractivity contribution in [2.24, 2.45) is 11.7 Å². The smallest absolute Gasteiger partial charge is 0.0376 e. The van der Waals surface area contributed by atoms with Crippen LogP contribution in [0.3, 0.4) is 0 Å². The van der Waals surface area contributed by atoms with E-state index in [4.69, 9.17) is 5.73 Å². The molecule has 2 nitrogen and oxygen atoms in total. The van der Waals surface area contributed by atoms with Crippen molar-refractivity contribution in [2.75, 3.05) is 18.4 Å². The third-order valence-corrected chi connectivity index (χ3v) is 3.85. The first-order chi connectivity index (χ1) is 10.3. The third kappa shape index (κ3) is 5.24. The molecule has 0 fully saturated rings. The maximum absolute atomic E-state index is 5.66. The Balaban J connectivity index is 1.91. The number of para-hydroxylation sites is 1. The van der Waals surface area contributed by atoms with Gasteiger partial charge < -0.3 is 11.1 Å². The number of nitrogens with one attached hydrogen (secondary N) is 1. The number of rotatable bonds is 8. The summed E-state index contributed by atoms with van der Waals surface area (Å²) in [5.74, 6) is 0.617. The SMILES string of the molecule is CC(CN)CCCNc1ccccc1Cc1ccccc1. The van der Waals surface area contributed by atoms with Crippen LogP contribution in [-0.4, -0.2) is 13.1 Å². The Hall–Kier alpha value is -1.80. The summed E-state index contributed by atoms with van der Waals surface area (Å²) < 4.78 is 0. The number of benzene rings is 2. The fraction of sp³-hybridized carbons (Fsp3) is 0.368. The van der Waals surface area contributed by atoms with Crippen molar-refractivity contribution in [1.29, 1.82) is 0 Å². The molecule has 2 rings (SSSR count). The van der Waals surface area contributed by atoms with Gasteiger partial charge >= 0.3 is 0 Å². The van der Waals surface area contributed by atoms with Crippen LogP contribution in [0.25, 0.3) is 0 Å². The third-order valence-electron chi connectivity index (χ3n) is 3.85. The first-order valence-electron chi connectivity index (χ1n) is 7.85. The molecule has 3 N–H and O–H groups in total. The maximum atomic E-state index is 5.66. The second kappa shape index (κ2) is 8.48. The molecular formula is C19H26N2. The molecule has 0 saturated carbocycles. The van der Waals surface area contributed by atoms with Gasteiger partial charge in [0.15, 0.2) is 0 Å². The molecule has 2 heteroatoms. The molecule has 1 atom stereocenters. The van der Waals surface area contributed by atoms with Gasteiger partial charge in [0, 0.05) is 12.2 Å². The molecule has 0 bridgehead atoms. The molecule has 0 spiro atoms. The Morgan fingerprint density at radius 1 is 1.00 bits per heavy atom. The van der Waals surface area contributed by atoms with Gasteiger partial charge in [0.2, 0.25) is 0 Å². The van der Waals surface area contributed by atoms with E-state index in [-0.39, 0.29) is 0 Å². The monoisotopic (exact) mass is 282 g/mol. The maximum Gasteiger partial charge on any atom is 0.0376 e. The number of nitrogens with two attached hydrogens (primary N) is 1. The fourth-order valence-corrected chi connectivity index (χ4v) is 2.45. The summed E-state index contributed by atoms with van der Waals surface area (Å²) in [5, 5.41) is 3.57. The molecule has 0 radical (unpaired) electrons. The van der Waals surface area contributed by atoms with Gasteiger partial charge in [-0.1, -0.05) is 55.5 Å². The van der Waals surface area contributed by atoms with E-state index >= 15 is 0 Å². The molecule has 0 heterocycles. The summed E-state index contributed by atoms with van der Waals surface area (Å²) in [6.07, 6.45) is 3.33. The lowest BCUT2D eigenvalue weighted by molar-refractivity contribution is 0.529. The zero-order chi connectivity index (χ0) is 14.9. The standard InChI is InChI=1S/C19H26N2/c1-16(15-20)8-7-13-21-19-12-6-5-11-18(19)14-17-9-3-2-4-10-17/h2-6,9-12,16,21H,7-8,13-15,20H2,1H3. The van der Waals surface area contributed by atoms with Crippen LogP contribution < -0.4 is 11.1 Å². The van der Waals surface area contributed by atoms with Crippen LogP contribution in [0.4, 0.5) is 5.69 Å². The summed E-state index contributed by atoms with van der Waals surface area (Å²) in [7, 11) is 0. The molecule has 0 saturated heterocycles. The second-order valence-corrected chi connectivity index (χ2v) is 5.73. The van der Waals surface area contributed by atoms with E-state index in [2.05, 4.69) is 66.8 Å². The highest BCUT2D eigenvalue weighted by Crippen LogP contribution is 2.19. The number of anilines is 1. The molecule has 0 aromatic heterocycles. The number of hydrogen-bond acceptors (Lipinski definition) is 2. The van der Waals surface area contributed by atoms with E-state index < -0.39 is 0 Å². The normalized spacial score (nSPS) is 12.1. The molecule has 0 aliphatic rings. The van der Waals surface area contributed by atoms with Gasteiger partial charge in [-0.2, -0.15) is 0 Å². The minimum absolute atomic E-state index is 0.617. The molecule has 0 aliphatic carbocycles. The summed E-state index contributed by atoms with van der Waals surface area (Å²) in [4.78, 5) is 0. The van der Waals surface area contributed by atoms with E-state index in [1.165, 1.54) is 23.2 Å². The summed E-state index contributed by atoms with van der Waals surface area (Å²) in [6, 6.07) is 19.2. The minimum Gasteiger partial charge on any atom is -0.385 e. The van der Waals surface area contributed by atoms with E-state index in [9.17, 15) is 0 Å². The molecule has 112 valence electrons. The Kier molecular flexibility index (Phi) is 6.29. The second-order valence-electron chi connectivity index (χ2n) is 5.73. The van der Waals surface area contributed by atoms with E-state index in [1.54, 1.807) is 0 Å². The van der Waals surface area contributed by atoms with Crippen molar-refractivity contribution in [3.63, 3.8) is 0 Å². The summed E-state index contributed by atoms with van der Waals surface area (Å²) >= 11 is 0. The van der Waals surface area contributed by atoms with Gasteiger partial charge in [0.1, 0.15) is 0 Å².